The van der Waals surface area contributed by atoms with Crippen LogP contribution in [0, 0.1) is 12.3 Å². The van der Waals surface area contributed by atoms with Crippen LogP contribution in [0.3, 0.4) is 0 Å². The van der Waals surface area contributed by atoms with Crippen LogP contribution in [0.25, 0.3) is 0 Å². The number of hydrogen-bond acceptors (Lipinski definition) is 4. The van der Waals surface area contributed by atoms with Gasteiger partial charge in [-0.2, -0.15) is 0 Å². The van der Waals surface area contributed by atoms with Crippen molar-refractivity contribution in [1.82, 2.24) is 0 Å². The van der Waals surface area contributed by atoms with E-state index in [1.807, 2.05) is 0 Å². The van der Waals surface area contributed by atoms with E-state index in [2.05, 4.69) is 5.92 Å². The summed E-state index contributed by atoms with van der Waals surface area (Å²) in [7, 11) is 0. The number of terminal acetylenes is 1. The van der Waals surface area contributed by atoms with Gasteiger partial charge in [0.25, 0.3) is 0 Å². The first-order valence-corrected chi connectivity index (χ1v) is 4.82. The molecule has 0 saturated carbocycles. The molecule has 0 fully saturated rings. The van der Waals surface area contributed by atoms with E-state index in [-0.39, 0.29) is 6.61 Å². The first-order chi connectivity index (χ1) is 7.69. The Labute approximate surface area is 94.1 Å². The average molecular weight is 222 g/mol. The molecule has 1 aromatic rings. The van der Waals surface area contributed by atoms with Gasteiger partial charge in [0.05, 0.1) is 6.61 Å². The van der Waals surface area contributed by atoms with Gasteiger partial charge in [0.15, 0.2) is 0 Å². The fourth-order valence-corrected chi connectivity index (χ4v) is 1.21. The molecular weight excluding hydrogens is 208 g/mol. The Morgan fingerprint density at radius 2 is 1.88 bits per heavy atom. The highest BCUT2D eigenvalue weighted by atomic mass is 16.5. The van der Waals surface area contributed by atoms with Gasteiger partial charge in [-0.1, -0.05) is 18.1 Å². The van der Waals surface area contributed by atoms with Crippen molar-refractivity contribution in [3.63, 3.8) is 0 Å². The summed E-state index contributed by atoms with van der Waals surface area (Å²) in [6.45, 7) is -0.308. The Balaban J connectivity index is 2.67. The highest BCUT2D eigenvalue weighted by Crippen LogP contribution is 2.20. The Bertz CT molecular complexity index is 352. The van der Waals surface area contributed by atoms with Crippen molar-refractivity contribution in [3.05, 3.63) is 29.8 Å². The van der Waals surface area contributed by atoms with Gasteiger partial charge < -0.3 is 20.1 Å². The van der Waals surface area contributed by atoms with Crippen LogP contribution < -0.4 is 4.74 Å². The van der Waals surface area contributed by atoms with Crippen LogP contribution in [-0.4, -0.2) is 34.6 Å². The quantitative estimate of drug-likeness (QED) is 0.617. The lowest BCUT2D eigenvalue weighted by molar-refractivity contribution is -0.0152. The minimum atomic E-state index is -1.18. The fraction of sp³-hybridized carbons (Fsp3) is 0.333. The molecule has 4 heteroatoms. The third kappa shape index (κ3) is 3.24. The SMILES string of the molecule is C#CCOc1ccc(C(O)C(O)CO)cc1. The zero-order valence-corrected chi connectivity index (χ0v) is 8.71. The number of aliphatic hydroxyl groups excluding tert-OH is 3. The normalized spacial score (nSPS) is 13.9. The lowest BCUT2D eigenvalue weighted by atomic mass is 10.1. The first kappa shape index (κ1) is 12.5. The lowest BCUT2D eigenvalue weighted by Crippen LogP contribution is -2.21. The predicted molar refractivity (Wildman–Crippen MR) is 58.8 cm³/mol. The van der Waals surface area contributed by atoms with Crippen molar-refractivity contribution in [2.24, 2.45) is 0 Å². The second-order valence-corrected chi connectivity index (χ2v) is 3.26. The summed E-state index contributed by atoms with van der Waals surface area (Å²) < 4.78 is 5.15. The maximum Gasteiger partial charge on any atom is 0.148 e. The minimum Gasteiger partial charge on any atom is -0.481 e. The molecule has 3 N–H and O–H groups in total. The summed E-state index contributed by atoms with van der Waals surface area (Å²) in [5.41, 5.74) is 0.509. The number of aliphatic hydroxyl groups is 3. The molecule has 0 spiro atoms. The van der Waals surface area contributed by atoms with Gasteiger partial charge in [0, 0.05) is 0 Å². The zero-order chi connectivity index (χ0) is 12.0. The van der Waals surface area contributed by atoms with Gasteiger partial charge >= 0.3 is 0 Å². The summed E-state index contributed by atoms with van der Waals surface area (Å²) in [6, 6.07) is 6.49. The maximum absolute atomic E-state index is 9.57. The Kier molecular flexibility index (Phi) is 4.80. The van der Waals surface area contributed by atoms with Gasteiger partial charge in [-0.3, -0.25) is 0 Å². The van der Waals surface area contributed by atoms with Crippen LogP contribution in [0.4, 0.5) is 0 Å². The second kappa shape index (κ2) is 6.13. The Morgan fingerprint density at radius 1 is 1.25 bits per heavy atom. The molecule has 16 heavy (non-hydrogen) atoms. The Hall–Kier alpha value is -1.54. The van der Waals surface area contributed by atoms with Gasteiger partial charge in [-0.25, -0.2) is 0 Å². The van der Waals surface area contributed by atoms with E-state index >= 15 is 0 Å². The average Bonchev–Trinajstić information content (AvgIpc) is 2.35. The first-order valence-electron chi connectivity index (χ1n) is 4.82. The lowest BCUT2D eigenvalue weighted by Gasteiger charge is -2.16. The molecule has 2 unspecified atom stereocenters. The van der Waals surface area contributed by atoms with E-state index in [9.17, 15) is 10.2 Å². The van der Waals surface area contributed by atoms with Crippen LogP contribution in [0.15, 0.2) is 24.3 Å². The molecular formula is C12H14O4. The van der Waals surface area contributed by atoms with Gasteiger partial charge in [-0.05, 0) is 17.7 Å². The second-order valence-electron chi connectivity index (χ2n) is 3.26. The summed E-state index contributed by atoms with van der Waals surface area (Å²) >= 11 is 0. The van der Waals surface area contributed by atoms with Gasteiger partial charge in [0.2, 0.25) is 0 Å². The van der Waals surface area contributed by atoms with E-state index < -0.39 is 18.8 Å². The molecule has 86 valence electrons. The molecule has 0 aliphatic rings. The summed E-state index contributed by atoms with van der Waals surface area (Å²) in [5, 5.41) is 27.5. The minimum absolute atomic E-state index is 0.182. The molecule has 1 aromatic carbocycles. The van der Waals surface area contributed by atoms with Crippen molar-refractivity contribution in [1.29, 1.82) is 0 Å². The number of hydrogen-bond donors (Lipinski definition) is 3. The largest absolute Gasteiger partial charge is 0.481 e. The topological polar surface area (TPSA) is 69.9 Å². The van der Waals surface area contributed by atoms with E-state index in [0.717, 1.165) is 0 Å². The van der Waals surface area contributed by atoms with Crippen molar-refractivity contribution in [3.8, 4) is 18.1 Å². The molecule has 0 radical (unpaired) electrons. The number of benzene rings is 1. The third-order valence-electron chi connectivity index (χ3n) is 2.10. The molecule has 0 saturated heterocycles. The van der Waals surface area contributed by atoms with Crippen LogP contribution in [0.1, 0.15) is 11.7 Å². The Morgan fingerprint density at radius 3 is 2.38 bits per heavy atom. The predicted octanol–water partition coefficient (Wildman–Crippen LogP) is 0.0852. The monoisotopic (exact) mass is 222 g/mol. The van der Waals surface area contributed by atoms with E-state index in [1.54, 1.807) is 24.3 Å². The standard InChI is InChI=1S/C12H14O4/c1-2-7-16-10-5-3-9(4-6-10)12(15)11(14)8-13/h1,3-6,11-15H,7-8H2. The highest BCUT2D eigenvalue weighted by molar-refractivity contribution is 5.29. The van der Waals surface area contributed by atoms with E-state index in [0.29, 0.717) is 11.3 Å². The molecule has 0 heterocycles. The van der Waals surface area contributed by atoms with Crippen molar-refractivity contribution < 1.29 is 20.1 Å². The molecule has 0 amide bonds. The molecule has 0 aliphatic carbocycles. The molecule has 0 bridgehead atoms. The molecule has 0 aromatic heterocycles. The van der Waals surface area contributed by atoms with Crippen LogP contribution in [-0.2, 0) is 0 Å². The summed E-state index contributed by atoms with van der Waals surface area (Å²) in [6.07, 6.45) is 2.75. The molecule has 4 nitrogen and oxygen atoms in total. The molecule has 2 atom stereocenters. The zero-order valence-electron chi connectivity index (χ0n) is 8.71. The number of rotatable bonds is 5. The van der Waals surface area contributed by atoms with Crippen LogP contribution in [0.5, 0.6) is 5.75 Å². The third-order valence-corrected chi connectivity index (χ3v) is 2.10. The van der Waals surface area contributed by atoms with Crippen LogP contribution in [0.2, 0.25) is 0 Å². The van der Waals surface area contributed by atoms with Gasteiger partial charge in [-0.15, -0.1) is 6.42 Å². The summed E-state index contributed by atoms with van der Waals surface area (Å²) in [4.78, 5) is 0. The fourth-order valence-electron chi connectivity index (χ4n) is 1.21. The highest BCUT2D eigenvalue weighted by Gasteiger charge is 2.16. The van der Waals surface area contributed by atoms with Crippen molar-refractivity contribution >= 4 is 0 Å². The number of ether oxygens (including phenoxy) is 1. The molecule has 1 rings (SSSR count). The van der Waals surface area contributed by atoms with Gasteiger partial charge in [0.1, 0.15) is 24.6 Å². The summed E-state index contributed by atoms with van der Waals surface area (Å²) in [5.74, 6) is 2.93. The van der Waals surface area contributed by atoms with Crippen molar-refractivity contribution in [2.75, 3.05) is 13.2 Å². The van der Waals surface area contributed by atoms with Crippen molar-refractivity contribution in [2.45, 2.75) is 12.2 Å². The van der Waals surface area contributed by atoms with E-state index in [1.165, 1.54) is 0 Å². The molecule has 0 aliphatic heterocycles. The van der Waals surface area contributed by atoms with E-state index in [4.69, 9.17) is 16.3 Å². The smallest absolute Gasteiger partial charge is 0.148 e. The maximum atomic E-state index is 9.57. The van der Waals surface area contributed by atoms with Crippen LogP contribution >= 0.6 is 0 Å².